The molecule has 15 heavy (non-hydrogen) atoms. The largest absolute Gasteiger partial charge is 0.299 e. The minimum absolute atomic E-state index is 0.449. The average molecular weight is 210 g/mol. The van der Waals surface area contributed by atoms with Gasteiger partial charge in [0, 0.05) is 12.3 Å². The van der Waals surface area contributed by atoms with E-state index in [1.165, 1.54) is 38.5 Å². The van der Waals surface area contributed by atoms with E-state index in [1.807, 2.05) is 0 Å². The highest BCUT2D eigenvalue weighted by Gasteiger charge is 2.37. The third-order valence-electron chi connectivity index (χ3n) is 3.55. The first-order valence-electron chi connectivity index (χ1n) is 6.78. The Hall–Kier alpha value is -0.330. The van der Waals surface area contributed by atoms with Crippen molar-refractivity contribution < 1.29 is 4.79 Å². The molecule has 0 aromatic carbocycles. The molecule has 0 amide bonds. The van der Waals surface area contributed by atoms with Crippen LogP contribution >= 0.6 is 0 Å². The molecule has 0 bridgehead atoms. The van der Waals surface area contributed by atoms with Gasteiger partial charge in [0.2, 0.25) is 0 Å². The van der Waals surface area contributed by atoms with Crippen LogP contribution in [0, 0.1) is 11.8 Å². The molecule has 1 heteroatoms. The lowest BCUT2D eigenvalue weighted by Gasteiger charge is -2.00. The maximum atomic E-state index is 11.6. The van der Waals surface area contributed by atoms with Crippen molar-refractivity contribution in [3.63, 3.8) is 0 Å². The van der Waals surface area contributed by atoms with E-state index >= 15 is 0 Å². The maximum absolute atomic E-state index is 11.6. The van der Waals surface area contributed by atoms with Gasteiger partial charge in [-0.05, 0) is 18.8 Å². The monoisotopic (exact) mass is 210 g/mol. The summed E-state index contributed by atoms with van der Waals surface area (Å²) >= 11 is 0. The van der Waals surface area contributed by atoms with Crippen LogP contribution in [-0.2, 0) is 4.79 Å². The molecule has 1 nitrogen and oxygen atoms in total. The second kappa shape index (κ2) is 7.03. The van der Waals surface area contributed by atoms with E-state index in [0.29, 0.717) is 17.6 Å². The summed E-state index contributed by atoms with van der Waals surface area (Å²) < 4.78 is 0. The number of carbonyl (C=O) groups excluding carboxylic acids is 1. The first-order chi connectivity index (χ1) is 7.25. The van der Waals surface area contributed by atoms with Crippen LogP contribution in [0.4, 0.5) is 0 Å². The van der Waals surface area contributed by atoms with Crippen molar-refractivity contribution in [1.29, 1.82) is 0 Å². The van der Waals surface area contributed by atoms with E-state index in [0.717, 1.165) is 19.3 Å². The lowest BCUT2D eigenvalue weighted by atomic mass is 10.0. The van der Waals surface area contributed by atoms with Gasteiger partial charge in [0.15, 0.2) is 0 Å². The normalized spacial score (nSPS) is 24.1. The van der Waals surface area contributed by atoms with Crippen molar-refractivity contribution in [3.8, 4) is 0 Å². The molecule has 2 atom stereocenters. The minimum Gasteiger partial charge on any atom is -0.299 e. The van der Waals surface area contributed by atoms with Crippen LogP contribution in [-0.4, -0.2) is 5.78 Å². The number of ketones is 1. The Kier molecular flexibility index (Phi) is 5.97. The first-order valence-corrected chi connectivity index (χ1v) is 6.78. The summed E-state index contributed by atoms with van der Waals surface area (Å²) in [5.41, 5.74) is 0. The van der Waals surface area contributed by atoms with Crippen molar-refractivity contribution in [2.75, 3.05) is 0 Å². The van der Waals surface area contributed by atoms with E-state index in [4.69, 9.17) is 0 Å². The molecule has 0 heterocycles. The number of hydrogen-bond donors (Lipinski definition) is 0. The molecule has 2 unspecified atom stereocenters. The lowest BCUT2D eigenvalue weighted by molar-refractivity contribution is -0.120. The van der Waals surface area contributed by atoms with Gasteiger partial charge in [-0.2, -0.15) is 0 Å². The zero-order chi connectivity index (χ0) is 11.1. The highest BCUT2D eigenvalue weighted by atomic mass is 16.1. The molecule has 1 aliphatic carbocycles. The number of unbranched alkanes of at least 4 members (excludes halogenated alkanes) is 6. The minimum atomic E-state index is 0.449. The second-order valence-electron chi connectivity index (χ2n) is 5.16. The molecule has 0 saturated heterocycles. The van der Waals surface area contributed by atoms with E-state index in [1.54, 1.807) is 0 Å². The molecular formula is C14H26O. The molecule has 0 spiro atoms. The predicted molar refractivity (Wildman–Crippen MR) is 64.9 cm³/mol. The number of carbonyl (C=O) groups is 1. The smallest absolute Gasteiger partial charge is 0.136 e. The maximum Gasteiger partial charge on any atom is 0.136 e. The van der Waals surface area contributed by atoms with E-state index in [9.17, 15) is 4.79 Å². The SMILES string of the molecule is CCCCCCCCCC(=O)C1CC1C. The van der Waals surface area contributed by atoms with Crippen molar-refractivity contribution >= 4 is 5.78 Å². The highest BCUT2D eigenvalue weighted by molar-refractivity contribution is 5.83. The zero-order valence-electron chi connectivity index (χ0n) is 10.4. The van der Waals surface area contributed by atoms with Gasteiger partial charge in [0.05, 0.1) is 0 Å². The van der Waals surface area contributed by atoms with Gasteiger partial charge in [-0.3, -0.25) is 4.79 Å². The Morgan fingerprint density at radius 3 is 2.13 bits per heavy atom. The van der Waals surface area contributed by atoms with Crippen LogP contribution in [0.3, 0.4) is 0 Å². The average Bonchev–Trinajstić information content (AvgIpc) is 2.94. The fourth-order valence-corrected chi connectivity index (χ4v) is 2.21. The van der Waals surface area contributed by atoms with Crippen molar-refractivity contribution in [1.82, 2.24) is 0 Å². The van der Waals surface area contributed by atoms with Crippen molar-refractivity contribution in [2.24, 2.45) is 11.8 Å². The molecule has 1 aliphatic rings. The van der Waals surface area contributed by atoms with Crippen molar-refractivity contribution in [2.45, 2.75) is 71.6 Å². The summed E-state index contributed by atoms with van der Waals surface area (Å²) in [6, 6.07) is 0. The molecule has 0 aromatic heterocycles. The van der Waals surface area contributed by atoms with Gasteiger partial charge in [-0.25, -0.2) is 0 Å². The fraction of sp³-hybridized carbons (Fsp3) is 0.929. The summed E-state index contributed by atoms with van der Waals surface area (Å²) in [7, 11) is 0. The van der Waals surface area contributed by atoms with E-state index < -0.39 is 0 Å². The van der Waals surface area contributed by atoms with Crippen LogP contribution in [0.15, 0.2) is 0 Å². The van der Waals surface area contributed by atoms with E-state index in [-0.39, 0.29) is 0 Å². The zero-order valence-corrected chi connectivity index (χ0v) is 10.4. The van der Waals surface area contributed by atoms with Crippen LogP contribution in [0.1, 0.15) is 71.6 Å². The molecule has 88 valence electrons. The first kappa shape index (κ1) is 12.7. The van der Waals surface area contributed by atoms with Crippen LogP contribution in [0.2, 0.25) is 0 Å². The van der Waals surface area contributed by atoms with Gasteiger partial charge in [-0.15, -0.1) is 0 Å². The topological polar surface area (TPSA) is 17.1 Å². The van der Waals surface area contributed by atoms with Crippen LogP contribution in [0.5, 0.6) is 0 Å². The molecular weight excluding hydrogens is 184 g/mol. The number of hydrogen-bond acceptors (Lipinski definition) is 1. The summed E-state index contributed by atoms with van der Waals surface area (Å²) in [4.78, 5) is 11.6. The quantitative estimate of drug-likeness (QED) is 0.517. The molecule has 0 N–H and O–H groups in total. The van der Waals surface area contributed by atoms with Gasteiger partial charge < -0.3 is 0 Å². The second-order valence-corrected chi connectivity index (χ2v) is 5.16. The summed E-state index contributed by atoms with van der Waals surface area (Å²) in [6.07, 6.45) is 11.2. The molecule has 1 fully saturated rings. The fourth-order valence-electron chi connectivity index (χ4n) is 2.21. The Bertz CT molecular complexity index is 186. The van der Waals surface area contributed by atoms with Gasteiger partial charge in [0.1, 0.15) is 5.78 Å². The molecule has 1 saturated carbocycles. The van der Waals surface area contributed by atoms with Gasteiger partial charge in [-0.1, -0.05) is 52.4 Å². The highest BCUT2D eigenvalue weighted by Crippen LogP contribution is 2.39. The number of rotatable bonds is 9. The van der Waals surface area contributed by atoms with Crippen molar-refractivity contribution in [3.05, 3.63) is 0 Å². The summed E-state index contributed by atoms with van der Waals surface area (Å²) in [5.74, 6) is 1.68. The molecule has 0 radical (unpaired) electrons. The Balaban J connectivity index is 1.82. The summed E-state index contributed by atoms with van der Waals surface area (Å²) in [5, 5.41) is 0. The number of Topliss-reactive ketones (excluding diaryl/α,β-unsaturated/α-hetero) is 1. The lowest BCUT2D eigenvalue weighted by Crippen LogP contribution is -2.01. The summed E-state index contributed by atoms with van der Waals surface area (Å²) in [6.45, 7) is 4.43. The van der Waals surface area contributed by atoms with Gasteiger partial charge in [0.25, 0.3) is 0 Å². The Labute approximate surface area is 94.6 Å². The molecule has 0 aliphatic heterocycles. The Morgan fingerprint density at radius 2 is 1.60 bits per heavy atom. The van der Waals surface area contributed by atoms with Crippen LogP contribution < -0.4 is 0 Å². The standard InChI is InChI=1S/C14H26O/c1-3-4-5-6-7-8-9-10-14(15)13-11-12(13)2/h12-13H,3-11H2,1-2H3. The van der Waals surface area contributed by atoms with Crippen LogP contribution in [0.25, 0.3) is 0 Å². The van der Waals surface area contributed by atoms with E-state index in [2.05, 4.69) is 13.8 Å². The third kappa shape index (κ3) is 5.34. The Morgan fingerprint density at radius 1 is 1.07 bits per heavy atom. The molecule has 0 aromatic rings. The third-order valence-corrected chi connectivity index (χ3v) is 3.55. The van der Waals surface area contributed by atoms with Gasteiger partial charge >= 0.3 is 0 Å². The predicted octanol–water partition coefficient (Wildman–Crippen LogP) is 4.35. The molecule has 1 rings (SSSR count).